The van der Waals surface area contributed by atoms with Crippen LogP contribution in [0.2, 0.25) is 0 Å². The van der Waals surface area contributed by atoms with Gasteiger partial charge in [-0.1, -0.05) is 15.9 Å². The largest absolute Gasteiger partial charge is 0.467 e. The maximum atomic E-state index is 13.4. The predicted molar refractivity (Wildman–Crippen MR) is 129 cm³/mol. The zero-order valence-electron chi connectivity index (χ0n) is 18.2. The summed E-state index contributed by atoms with van der Waals surface area (Å²) < 4.78 is 12.5. The van der Waals surface area contributed by atoms with Crippen LogP contribution in [-0.2, 0) is 9.53 Å². The van der Waals surface area contributed by atoms with E-state index < -0.39 is 17.6 Å². The second-order valence-corrected chi connectivity index (χ2v) is 9.38. The van der Waals surface area contributed by atoms with Gasteiger partial charge in [-0.05, 0) is 68.5 Å². The van der Waals surface area contributed by atoms with Gasteiger partial charge in [0.2, 0.25) is 5.91 Å². The summed E-state index contributed by atoms with van der Waals surface area (Å²) in [6.07, 6.45) is 0. The van der Waals surface area contributed by atoms with Crippen LogP contribution in [0.15, 0.2) is 46.9 Å². The first-order valence-electron chi connectivity index (χ1n) is 10.2. The van der Waals surface area contributed by atoms with E-state index in [9.17, 15) is 9.59 Å². The number of thiocarbonyl (C=S) groups is 1. The number of hydrogen-bond donors (Lipinski definition) is 1. The summed E-state index contributed by atoms with van der Waals surface area (Å²) in [7, 11) is 3.46. The number of carbonyl (C=O) groups is 2. The first-order chi connectivity index (χ1) is 15.2. The molecule has 0 spiro atoms. The highest BCUT2D eigenvalue weighted by atomic mass is 79.9. The van der Waals surface area contributed by atoms with Crippen molar-refractivity contribution in [3.05, 3.63) is 58.1 Å². The fourth-order valence-electron chi connectivity index (χ4n) is 4.36. The lowest BCUT2D eigenvalue weighted by molar-refractivity contribution is -0.144. The van der Waals surface area contributed by atoms with E-state index in [2.05, 4.69) is 21.2 Å². The van der Waals surface area contributed by atoms with Crippen LogP contribution >= 0.6 is 28.1 Å². The molecule has 2 aromatic carbocycles. The van der Waals surface area contributed by atoms with Gasteiger partial charge in [-0.25, -0.2) is 4.79 Å². The topological polar surface area (TPSA) is 71.1 Å². The molecule has 0 unspecified atom stereocenters. The number of amides is 1. The Labute approximate surface area is 200 Å². The maximum Gasteiger partial charge on any atom is 0.338 e. The average molecular weight is 518 g/mol. The summed E-state index contributed by atoms with van der Waals surface area (Å²) in [6, 6.07) is 12.3. The molecular weight excluding hydrogens is 494 g/mol. The van der Waals surface area contributed by atoms with Crippen molar-refractivity contribution < 1.29 is 19.1 Å². The third-order valence-electron chi connectivity index (χ3n) is 5.80. The van der Waals surface area contributed by atoms with Crippen LogP contribution in [0, 0.1) is 5.92 Å². The van der Waals surface area contributed by atoms with Crippen molar-refractivity contribution in [1.29, 1.82) is 0 Å². The normalized spacial score (nSPS) is 23.5. The number of rotatable bonds is 4. The molecule has 1 saturated heterocycles. The lowest BCUT2D eigenvalue weighted by atomic mass is 9.78. The second-order valence-electron chi connectivity index (χ2n) is 8.08. The molecular formula is C23H24BrN3O4S. The van der Waals surface area contributed by atoms with Crippen molar-refractivity contribution in [2.24, 2.45) is 5.92 Å². The van der Waals surface area contributed by atoms with Gasteiger partial charge in [-0.2, -0.15) is 0 Å². The fourth-order valence-corrected chi connectivity index (χ4v) is 5.15. The summed E-state index contributed by atoms with van der Waals surface area (Å²) >= 11 is 9.25. The first-order valence-corrected chi connectivity index (χ1v) is 11.4. The lowest BCUT2D eigenvalue weighted by Crippen LogP contribution is -2.72. The van der Waals surface area contributed by atoms with Crippen LogP contribution in [0.5, 0.6) is 5.75 Å². The van der Waals surface area contributed by atoms with Gasteiger partial charge < -0.3 is 19.7 Å². The van der Waals surface area contributed by atoms with Crippen molar-refractivity contribution in [2.45, 2.75) is 25.6 Å². The van der Waals surface area contributed by atoms with E-state index in [0.29, 0.717) is 28.7 Å². The maximum absolute atomic E-state index is 13.4. The molecule has 0 saturated carbocycles. The van der Waals surface area contributed by atoms with Gasteiger partial charge in [-0.3, -0.25) is 9.69 Å². The SMILES string of the molecule is CCOC(=O)c1ccc(N2C(=S)N[C@H]3c4cc(Br)ccc4O[C@@]2(C)[C@@H]3C(=O)N(C)C)cc1. The number of esters is 1. The van der Waals surface area contributed by atoms with E-state index in [1.54, 1.807) is 50.2 Å². The Hall–Kier alpha value is -2.65. The standard InChI is InChI=1S/C23H24BrN3O4S/c1-5-30-21(29)13-6-9-15(10-7-13)27-22(32)25-19-16-12-14(24)8-11-17(16)31-23(27,2)18(19)20(28)26(3)4/h6-12,18-19H,5H2,1-4H3,(H,25,32)/t18-,19-,23-/m0/s1. The van der Waals surface area contributed by atoms with Crippen LogP contribution in [-0.4, -0.2) is 48.3 Å². The van der Waals surface area contributed by atoms with Crippen LogP contribution in [0.1, 0.15) is 35.8 Å². The number of halogens is 1. The Morgan fingerprint density at radius 2 is 1.94 bits per heavy atom. The molecule has 9 heteroatoms. The van der Waals surface area contributed by atoms with Gasteiger partial charge in [0.15, 0.2) is 10.8 Å². The Kier molecular flexibility index (Phi) is 5.89. The van der Waals surface area contributed by atoms with Crippen molar-refractivity contribution in [1.82, 2.24) is 10.2 Å². The zero-order valence-corrected chi connectivity index (χ0v) is 20.6. The van der Waals surface area contributed by atoms with Crippen molar-refractivity contribution in [3.8, 4) is 5.75 Å². The lowest BCUT2D eigenvalue weighted by Gasteiger charge is -2.56. The van der Waals surface area contributed by atoms with Crippen LogP contribution in [0.3, 0.4) is 0 Å². The molecule has 1 N–H and O–H groups in total. The summed E-state index contributed by atoms with van der Waals surface area (Å²) in [5.74, 6) is -0.354. The third kappa shape index (κ3) is 3.63. The van der Waals surface area contributed by atoms with Crippen LogP contribution in [0.25, 0.3) is 0 Å². The van der Waals surface area contributed by atoms with Crippen LogP contribution < -0.4 is 15.0 Å². The highest BCUT2D eigenvalue weighted by molar-refractivity contribution is 9.10. The van der Waals surface area contributed by atoms with Gasteiger partial charge in [0.1, 0.15) is 11.7 Å². The van der Waals surface area contributed by atoms with Gasteiger partial charge >= 0.3 is 5.97 Å². The number of nitrogens with zero attached hydrogens (tertiary/aromatic N) is 2. The molecule has 4 rings (SSSR count). The first kappa shape index (κ1) is 22.5. The molecule has 0 radical (unpaired) electrons. The van der Waals surface area contributed by atoms with Gasteiger partial charge in [-0.15, -0.1) is 0 Å². The molecule has 32 heavy (non-hydrogen) atoms. The Morgan fingerprint density at radius 1 is 1.25 bits per heavy atom. The van der Waals surface area contributed by atoms with E-state index in [1.807, 2.05) is 30.0 Å². The molecule has 0 aliphatic carbocycles. The molecule has 168 valence electrons. The Morgan fingerprint density at radius 3 is 2.56 bits per heavy atom. The Balaban J connectivity index is 1.81. The minimum atomic E-state index is -1.08. The number of hydrogen-bond acceptors (Lipinski definition) is 5. The molecule has 2 aromatic rings. The summed E-state index contributed by atoms with van der Waals surface area (Å²) in [5.41, 5.74) is 0.932. The molecule has 2 aliphatic rings. The summed E-state index contributed by atoms with van der Waals surface area (Å²) in [5, 5.41) is 3.81. The summed E-state index contributed by atoms with van der Waals surface area (Å²) in [4.78, 5) is 28.8. The molecule has 1 amide bonds. The van der Waals surface area contributed by atoms with Gasteiger partial charge in [0.25, 0.3) is 0 Å². The smallest absolute Gasteiger partial charge is 0.338 e. The molecule has 2 aliphatic heterocycles. The molecule has 3 atom stereocenters. The van der Waals surface area contributed by atoms with E-state index >= 15 is 0 Å². The second kappa shape index (κ2) is 8.37. The fraction of sp³-hybridized carbons (Fsp3) is 0.348. The minimum absolute atomic E-state index is 0.0775. The molecule has 2 bridgehead atoms. The molecule has 7 nitrogen and oxygen atoms in total. The van der Waals surface area contributed by atoms with Gasteiger partial charge in [0, 0.05) is 29.8 Å². The monoisotopic (exact) mass is 517 g/mol. The highest BCUT2D eigenvalue weighted by Gasteiger charge is 2.59. The number of fused-ring (bicyclic) bond motifs is 4. The molecule has 2 heterocycles. The predicted octanol–water partition coefficient (Wildman–Crippen LogP) is 3.87. The number of ether oxygens (including phenoxy) is 2. The van der Waals surface area contributed by atoms with Crippen molar-refractivity contribution >= 4 is 50.8 Å². The van der Waals surface area contributed by atoms with E-state index in [-0.39, 0.29) is 11.9 Å². The number of benzene rings is 2. The van der Waals surface area contributed by atoms with E-state index in [4.69, 9.17) is 21.7 Å². The average Bonchev–Trinajstić information content (AvgIpc) is 2.74. The minimum Gasteiger partial charge on any atom is -0.467 e. The number of anilines is 1. The quantitative estimate of drug-likeness (QED) is 0.487. The molecule has 1 fully saturated rings. The zero-order chi connectivity index (χ0) is 23.2. The third-order valence-corrected chi connectivity index (χ3v) is 6.60. The number of nitrogens with one attached hydrogen (secondary N) is 1. The van der Waals surface area contributed by atoms with E-state index in [1.165, 1.54) is 0 Å². The van der Waals surface area contributed by atoms with Gasteiger partial charge in [0.05, 0.1) is 18.2 Å². The molecule has 0 aromatic heterocycles. The van der Waals surface area contributed by atoms with E-state index in [0.717, 1.165) is 10.0 Å². The van der Waals surface area contributed by atoms with Crippen LogP contribution in [0.4, 0.5) is 5.69 Å². The van der Waals surface area contributed by atoms with Crippen molar-refractivity contribution in [2.75, 3.05) is 25.6 Å². The van der Waals surface area contributed by atoms with Crippen molar-refractivity contribution in [3.63, 3.8) is 0 Å². The Bertz CT molecular complexity index is 1090. The number of carbonyl (C=O) groups excluding carboxylic acids is 2. The highest BCUT2D eigenvalue weighted by Crippen LogP contribution is 2.50. The summed E-state index contributed by atoms with van der Waals surface area (Å²) in [6.45, 7) is 3.95.